The average molecular weight is 268 g/mol. The summed E-state index contributed by atoms with van der Waals surface area (Å²) in [6.45, 7) is 13.5. The second kappa shape index (κ2) is 8.68. The van der Waals surface area contributed by atoms with Gasteiger partial charge in [0.05, 0.1) is 0 Å². The first-order valence-electron chi connectivity index (χ1n) is 7.19. The van der Waals surface area contributed by atoms with E-state index in [2.05, 4.69) is 50.0 Å². The predicted molar refractivity (Wildman–Crippen MR) is 82.2 cm³/mol. The summed E-state index contributed by atoms with van der Waals surface area (Å²) in [5, 5.41) is 3.48. The van der Waals surface area contributed by atoms with Gasteiger partial charge in [0.2, 0.25) is 0 Å². The normalized spacial score (nSPS) is 11.7. The smallest absolute Gasteiger partial charge is 0.0328 e. The third kappa shape index (κ3) is 5.98. The van der Waals surface area contributed by atoms with Crippen LogP contribution in [0.25, 0.3) is 0 Å². The van der Waals surface area contributed by atoms with Gasteiger partial charge in [-0.05, 0) is 38.1 Å². The lowest BCUT2D eigenvalue weighted by Crippen LogP contribution is -2.24. The van der Waals surface area contributed by atoms with Gasteiger partial charge in [-0.2, -0.15) is 0 Å². The molecule has 0 bridgehead atoms. The largest absolute Gasteiger partial charge is 0.310 e. The average Bonchev–Trinajstić information content (AvgIpc) is 2.75. The molecule has 18 heavy (non-hydrogen) atoms. The monoisotopic (exact) mass is 268 g/mol. The van der Waals surface area contributed by atoms with Crippen LogP contribution in [0.5, 0.6) is 0 Å². The highest BCUT2D eigenvalue weighted by Crippen LogP contribution is 2.18. The first-order valence-corrected chi connectivity index (χ1v) is 8.00. The van der Waals surface area contributed by atoms with E-state index in [-0.39, 0.29) is 0 Å². The summed E-state index contributed by atoms with van der Waals surface area (Å²) >= 11 is 1.95. The van der Waals surface area contributed by atoms with E-state index in [1.165, 1.54) is 35.7 Å². The Hall–Kier alpha value is -0.380. The van der Waals surface area contributed by atoms with Crippen LogP contribution in [0.3, 0.4) is 0 Å². The van der Waals surface area contributed by atoms with E-state index in [9.17, 15) is 0 Å². The summed E-state index contributed by atoms with van der Waals surface area (Å²) < 4.78 is 0. The number of nitrogens with zero attached hydrogens (tertiary/aromatic N) is 1. The van der Waals surface area contributed by atoms with Crippen molar-refractivity contribution in [3.05, 3.63) is 21.9 Å². The van der Waals surface area contributed by atoms with E-state index in [1.807, 2.05) is 11.3 Å². The fourth-order valence-corrected chi connectivity index (χ4v) is 3.04. The molecule has 0 atom stereocenters. The van der Waals surface area contributed by atoms with Crippen molar-refractivity contribution in [2.75, 3.05) is 13.1 Å². The molecule has 0 aliphatic rings. The van der Waals surface area contributed by atoms with Crippen LogP contribution in [0.15, 0.2) is 12.1 Å². The van der Waals surface area contributed by atoms with Gasteiger partial charge in [-0.3, -0.25) is 4.90 Å². The summed E-state index contributed by atoms with van der Waals surface area (Å²) in [7, 11) is 0. The lowest BCUT2D eigenvalue weighted by atomic mass is 10.3. The molecule has 0 amide bonds. The molecule has 0 saturated carbocycles. The molecule has 1 aromatic heterocycles. The molecule has 0 saturated heterocycles. The zero-order valence-corrected chi connectivity index (χ0v) is 13.1. The van der Waals surface area contributed by atoms with Crippen molar-refractivity contribution in [3.8, 4) is 0 Å². The van der Waals surface area contributed by atoms with Crippen LogP contribution < -0.4 is 5.32 Å². The number of rotatable bonds is 9. The molecule has 3 heteroatoms. The van der Waals surface area contributed by atoms with E-state index in [4.69, 9.17) is 0 Å². The van der Waals surface area contributed by atoms with E-state index in [0.29, 0.717) is 6.04 Å². The third-order valence-corrected chi connectivity index (χ3v) is 3.93. The van der Waals surface area contributed by atoms with Gasteiger partial charge in [0.25, 0.3) is 0 Å². The SMILES string of the molecule is CCCN(CCC)Cc1ccc(CNC(C)C)s1. The molecule has 1 N–H and O–H groups in total. The predicted octanol–water partition coefficient (Wildman–Crippen LogP) is 3.87. The van der Waals surface area contributed by atoms with Gasteiger partial charge >= 0.3 is 0 Å². The maximum Gasteiger partial charge on any atom is 0.0328 e. The highest BCUT2D eigenvalue weighted by molar-refractivity contribution is 7.11. The maximum atomic E-state index is 3.48. The maximum absolute atomic E-state index is 3.48. The Balaban J connectivity index is 2.45. The van der Waals surface area contributed by atoms with Crippen LogP contribution >= 0.6 is 11.3 Å². The number of nitrogens with one attached hydrogen (secondary N) is 1. The first-order chi connectivity index (χ1) is 8.65. The standard InChI is InChI=1S/C15H28N2S/c1-5-9-17(10-6-2)12-15-8-7-14(18-15)11-16-13(3)4/h7-8,13,16H,5-6,9-12H2,1-4H3. The number of hydrogen-bond donors (Lipinski definition) is 1. The lowest BCUT2D eigenvalue weighted by molar-refractivity contribution is 0.269. The summed E-state index contributed by atoms with van der Waals surface area (Å²) in [5.41, 5.74) is 0. The van der Waals surface area contributed by atoms with Gasteiger partial charge in [0.15, 0.2) is 0 Å². The van der Waals surface area contributed by atoms with Gasteiger partial charge < -0.3 is 5.32 Å². The minimum atomic E-state index is 0.562. The van der Waals surface area contributed by atoms with Crippen molar-refractivity contribution >= 4 is 11.3 Å². The minimum absolute atomic E-state index is 0.562. The second-order valence-corrected chi connectivity index (χ2v) is 6.43. The molecule has 1 heterocycles. The van der Waals surface area contributed by atoms with Crippen LogP contribution in [0, 0.1) is 0 Å². The highest BCUT2D eigenvalue weighted by Gasteiger charge is 2.06. The van der Waals surface area contributed by atoms with Gasteiger partial charge in [0.1, 0.15) is 0 Å². The van der Waals surface area contributed by atoms with Crippen LogP contribution in [0.2, 0.25) is 0 Å². The molecule has 0 aliphatic carbocycles. The fraction of sp³-hybridized carbons (Fsp3) is 0.733. The van der Waals surface area contributed by atoms with E-state index in [0.717, 1.165) is 13.1 Å². The summed E-state index contributed by atoms with van der Waals surface area (Å²) in [6.07, 6.45) is 2.49. The molecule has 1 rings (SSSR count). The molecule has 0 fully saturated rings. The Morgan fingerprint density at radius 1 is 1.11 bits per heavy atom. The van der Waals surface area contributed by atoms with E-state index >= 15 is 0 Å². The zero-order chi connectivity index (χ0) is 13.4. The Kier molecular flexibility index (Phi) is 7.56. The highest BCUT2D eigenvalue weighted by atomic mass is 32.1. The molecule has 0 spiro atoms. The van der Waals surface area contributed by atoms with Crippen molar-refractivity contribution in [1.82, 2.24) is 10.2 Å². The van der Waals surface area contributed by atoms with Gasteiger partial charge in [-0.15, -0.1) is 11.3 Å². The van der Waals surface area contributed by atoms with Crippen LogP contribution in [0.1, 0.15) is 50.3 Å². The Morgan fingerprint density at radius 2 is 1.72 bits per heavy atom. The third-order valence-electron chi connectivity index (χ3n) is 2.86. The van der Waals surface area contributed by atoms with Crippen LogP contribution in [-0.4, -0.2) is 24.0 Å². The van der Waals surface area contributed by atoms with Crippen LogP contribution in [-0.2, 0) is 13.1 Å². The summed E-state index contributed by atoms with van der Waals surface area (Å²) in [4.78, 5) is 5.51. The molecular weight excluding hydrogens is 240 g/mol. The summed E-state index contributed by atoms with van der Waals surface area (Å²) in [6, 6.07) is 5.12. The van der Waals surface area contributed by atoms with Gasteiger partial charge in [0, 0.05) is 28.9 Å². The minimum Gasteiger partial charge on any atom is -0.310 e. The molecule has 0 aromatic carbocycles. The van der Waals surface area contributed by atoms with Crippen molar-refractivity contribution in [2.45, 2.75) is 59.7 Å². The van der Waals surface area contributed by atoms with Gasteiger partial charge in [-0.25, -0.2) is 0 Å². The number of hydrogen-bond acceptors (Lipinski definition) is 3. The Labute approximate surface area is 116 Å². The summed E-state index contributed by atoms with van der Waals surface area (Å²) in [5.74, 6) is 0. The second-order valence-electron chi connectivity index (χ2n) is 5.18. The molecular formula is C15H28N2S. The molecule has 0 unspecified atom stereocenters. The van der Waals surface area contributed by atoms with E-state index < -0.39 is 0 Å². The Bertz CT molecular complexity index is 314. The molecule has 2 nitrogen and oxygen atoms in total. The zero-order valence-electron chi connectivity index (χ0n) is 12.3. The van der Waals surface area contributed by atoms with Crippen molar-refractivity contribution in [1.29, 1.82) is 0 Å². The van der Waals surface area contributed by atoms with E-state index in [1.54, 1.807) is 0 Å². The topological polar surface area (TPSA) is 15.3 Å². The fourth-order valence-electron chi connectivity index (χ4n) is 2.03. The molecule has 104 valence electrons. The lowest BCUT2D eigenvalue weighted by Gasteiger charge is -2.19. The molecule has 0 radical (unpaired) electrons. The van der Waals surface area contributed by atoms with Crippen LogP contribution in [0.4, 0.5) is 0 Å². The van der Waals surface area contributed by atoms with Crippen molar-refractivity contribution in [3.63, 3.8) is 0 Å². The van der Waals surface area contributed by atoms with Gasteiger partial charge in [-0.1, -0.05) is 27.7 Å². The quantitative estimate of drug-likeness (QED) is 0.731. The van der Waals surface area contributed by atoms with Crippen molar-refractivity contribution in [2.24, 2.45) is 0 Å². The molecule has 0 aliphatic heterocycles. The number of thiophene rings is 1. The Morgan fingerprint density at radius 3 is 2.28 bits per heavy atom. The molecule has 1 aromatic rings. The first kappa shape index (κ1) is 15.7. The van der Waals surface area contributed by atoms with Crippen molar-refractivity contribution < 1.29 is 0 Å².